The predicted molar refractivity (Wildman–Crippen MR) is 154 cm³/mol. The largest absolute Gasteiger partial charge is 0.469 e. The minimum Gasteiger partial charge on any atom is -0.469 e. The molecule has 4 saturated heterocycles. The number of fused-ring (bicyclic) bond motifs is 7. The Kier molecular flexibility index (Phi) is 6.44. The van der Waals surface area contributed by atoms with Crippen LogP contribution in [0.1, 0.15) is 40.5 Å². The lowest BCUT2D eigenvalue weighted by atomic mass is 9.38. The second kappa shape index (κ2) is 9.55. The summed E-state index contributed by atoms with van der Waals surface area (Å²) in [6.07, 6.45) is -3.30. The number of hydrogen-bond acceptors (Lipinski definition) is 14. The first-order valence-electron chi connectivity index (χ1n) is 16.2. The lowest BCUT2D eigenvalue weighted by molar-refractivity contribution is -0.295. The van der Waals surface area contributed by atoms with Gasteiger partial charge < -0.3 is 53.2 Å². The van der Waals surface area contributed by atoms with E-state index < -0.39 is 112 Å². The summed E-state index contributed by atoms with van der Waals surface area (Å²) < 4.78 is 48.0. The van der Waals surface area contributed by atoms with Crippen LogP contribution in [0.25, 0.3) is 0 Å². The van der Waals surface area contributed by atoms with Crippen LogP contribution in [0.5, 0.6) is 0 Å². The molecule has 14 nitrogen and oxygen atoms in total. The minimum absolute atomic E-state index is 0.196. The third-order valence-corrected chi connectivity index (χ3v) is 13.8. The summed E-state index contributed by atoms with van der Waals surface area (Å²) in [5.41, 5.74) is -8.08. The lowest BCUT2D eigenvalue weighted by Crippen LogP contribution is -2.77. The van der Waals surface area contributed by atoms with E-state index in [1.807, 2.05) is 6.92 Å². The van der Waals surface area contributed by atoms with Crippen LogP contribution in [-0.4, -0.2) is 120 Å². The molecule has 0 amide bonds. The number of aliphatic hydroxyl groups excluding tert-OH is 2. The number of methoxy groups -OCH3 is 2. The Bertz CT molecular complexity index is 1490. The zero-order valence-electron chi connectivity index (χ0n) is 27.2. The van der Waals surface area contributed by atoms with Gasteiger partial charge in [0.05, 0.1) is 58.1 Å². The number of carbonyl (C=O) groups excluding carboxylic acids is 3. The van der Waals surface area contributed by atoms with Crippen LogP contribution in [0.15, 0.2) is 24.0 Å². The number of hydrogen-bond donors (Lipinski definition) is 3. The summed E-state index contributed by atoms with van der Waals surface area (Å²) in [5.74, 6) is -4.66. The van der Waals surface area contributed by atoms with Crippen molar-refractivity contribution >= 4 is 17.9 Å². The molecule has 5 heterocycles. The van der Waals surface area contributed by atoms with E-state index in [9.17, 15) is 29.7 Å². The van der Waals surface area contributed by atoms with E-state index in [4.69, 9.17) is 37.9 Å². The molecule has 258 valence electrons. The standard InChI is InChI=1S/C33H42O14/c1-7-14(2)24(36)45-17-11-16(34)30-12-44-20(25(37)40-5)21(30)28(3,23(35)19-22(30)31(17,13-43-19)26(38)41-6)33-18-10-15(29(33,4)47-33)32(39)8-9-42-27(32)46-18/h7-9,15-23,27,34-35,39H,10-13H2,1-6H3/b14-7+/t15-,16+,17-,18+,19-,20+,21+,22-,23-,27+,28?,29+,30-,31+,32+,33+/m1/s1. The maximum absolute atomic E-state index is 14.0. The monoisotopic (exact) mass is 662 g/mol. The molecule has 3 saturated carbocycles. The zero-order valence-corrected chi connectivity index (χ0v) is 27.2. The smallest absolute Gasteiger partial charge is 0.335 e. The number of allylic oxidation sites excluding steroid dienone is 1. The molecule has 0 aromatic rings. The van der Waals surface area contributed by atoms with Crippen molar-refractivity contribution in [1.82, 2.24) is 0 Å². The van der Waals surface area contributed by atoms with E-state index >= 15 is 0 Å². The maximum Gasteiger partial charge on any atom is 0.335 e. The molecule has 8 aliphatic rings. The molecule has 0 aromatic carbocycles. The Morgan fingerprint density at radius 3 is 2.45 bits per heavy atom. The maximum atomic E-state index is 14.0. The highest BCUT2D eigenvalue weighted by Crippen LogP contribution is 2.82. The summed E-state index contributed by atoms with van der Waals surface area (Å²) in [6, 6.07) is 0. The van der Waals surface area contributed by atoms with Crippen LogP contribution >= 0.6 is 0 Å². The summed E-state index contributed by atoms with van der Waals surface area (Å²) >= 11 is 0. The van der Waals surface area contributed by atoms with Crippen molar-refractivity contribution in [2.24, 2.45) is 34.0 Å². The van der Waals surface area contributed by atoms with Crippen LogP contribution in [0.2, 0.25) is 0 Å². The first-order valence-corrected chi connectivity index (χ1v) is 16.2. The number of esters is 3. The Labute approximate surface area is 271 Å². The quantitative estimate of drug-likeness (QED) is 0.153. The molecule has 7 fully saturated rings. The molecule has 2 bridgehead atoms. The van der Waals surface area contributed by atoms with Gasteiger partial charge in [0.2, 0.25) is 6.29 Å². The molecular weight excluding hydrogens is 620 g/mol. The fourth-order valence-corrected chi connectivity index (χ4v) is 11.7. The van der Waals surface area contributed by atoms with Crippen molar-refractivity contribution in [3.05, 3.63) is 24.0 Å². The summed E-state index contributed by atoms with van der Waals surface area (Å²) in [6.45, 7) is 6.42. The minimum atomic E-state index is -1.66. The lowest BCUT2D eigenvalue weighted by Gasteiger charge is -2.65. The molecule has 1 spiro atoms. The van der Waals surface area contributed by atoms with Gasteiger partial charge in [0, 0.05) is 40.6 Å². The second-order valence-electron chi connectivity index (χ2n) is 15.0. The van der Waals surface area contributed by atoms with Crippen LogP contribution in [-0.2, 0) is 52.3 Å². The van der Waals surface area contributed by atoms with Crippen molar-refractivity contribution < 1.29 is 67.6 Å². The van der Waals surface area contributed by atoms with Gasteiger partial charge in [-0.15, -0.1) is 0 Å². The van der Waals surface area contributed by atoms with Crippen molar-refractivity contribution in [3.8, 4) is 0 Å². The zero-order chi connectivity index (χ0) is 33.7. The summed E-state index contributed by atoms with van der Waals surface area (Å²) in [4.78, 5) is 40.8. The number of aliphatic hydroxyl groups is 3. The van der Waals surface area contributed by atoms with Crippen molar-refractivity contribution in [2.45, 2.75) is 100 Å². The second-order valence-corrected chi connectivity index (χ2v) is 15.0. The highest BCUT2D eigenvalue weighted by atomic mass is 16.7. The molecule has 47 heavy (non-hydrogen) atoms. The van der Waals surface area contributed by atoms with Crippen LogP contribution in [0.3, 0.4) is 0 Å². The van der Waals surface area contributed by atoms with Gasteiger partial charge in [-0.1, -0.05) is 13.0 Å². The molecule has 8 rings (SSSR count). The fraction of sp³-hybridized carbons (Fsp3) is 0.788. The molecule has 14 heteroatoms. The van der Waals surface area contributed by atoms with E-state index in [0.29, 0.717) is 12.0 Å². The Morgan fingerprint density at radius 1 is 1.02 bits per heavy atom. The molecular formula is C33H42O14. The molecule has 3 N–H and O–H groups in total. The van der Waals surface area contributed by atoms with Gasteiger partial charge in [0.15, 0.2) is 11.7 Å². The number of rotatable bonds is 5. The average Bonchev–Trinajstić information content (AvgIpc) is 3.49. The van der Waals surface area contributed by atoms with Gasteiger partial charge in [-0.25, -0.2) is 9.59 Å². The van der Waals surface area contributed by atoms with Gasteiger partial charge in [-0.3, -0.25) is 4.79 Å². The average molecular weight is 663 g/mol. The van der Waals surface area contributed by atoms with Crippen molar-refractivity contribution in [3.63, 3.8) is 0 Å². The number of carbonyl (C=O) groups is 3. The summed E-state index contributed by atoms with van der Waals surface area (Å²) in [7, 11) is 2.45. The van der Waals surface area contributed by atoms with Gasteiger partial charge in [-0.2, -0.15) is 0 Å². The van der Waals surface area contributed by atoms with Gasteiger partial charge in [0.1, 0.15) is 22.7 Å². The predicted octanol–water partition coefficient (Wildman–Crippen LogP) is -0.0939. The first-order chi connectivity index (χ1) is 22.2. The number of epoxide rings is 1. The topological polar surface area (TPSA) is 189 Å². The van der Waals surface area contributed by atoms with E-state index in [1.165, 1.54) is 20.5 Å². The fourth-order valence-electron chi connectivity index (χ4n) is 11.7. The van der Waals surface area contributed by atoms with E-state index in [2.05, 4.69) is 0 Å². The van der Waals surface area contributed by atoms with Crippen LogP contribution < -0.4 is 0 Å². The SMILES string of the molecule is C/C=C(\C)C(=O)O[C@@H]1C[C@H](O)[C@]23CO[C@H](C(=O)OC)[C@H]2C(C)([C@]24O[C@@]2(C)[C@H]2C[C@@H]4O[C@@H]4OC=C[C@@]42O)[C@H](O)[C@@H]2OC[C@@]1(C(=O)OC)[C@H]23. The van der Waals surface area contributed by atoms with E-state index in [0.717, 1.165) is 0 Å². The molecule has 5 aliphatic heterocycles. The van der Waals surface area contributed by atoms with E-state index in [1.54, 1.807) is 32.9 Å². The van der Waals surface area contributed by atoms with Crippen LogP contribution in [0.4, 0.5) is 0 Å². The van der Waals surface area contributed by atoms with Gasteiger partial charge in [-0.05, 0) is 33.3 Å². The highest BCUT2D eigenvalue weighted by Gasteiger charge is 2.95. The van der Waals surface area contributed by atoms with Crippen LogP contribution in [0, 0.1) is 34.0 Å². The highest BCUT2D eigenvalue weighted by molar-refractivity contribution is 5.88. The van der Waals surface area contributed by atoms with E-state index in [-0.39, 0.29) is 19.6 Å². The third-order valence-electron chi connectivity index (χ3n) is 13.8. The molecule has 0 radical (unpaired) electrons. The third kappa shape index (κ3) is 3.20. The van der Waals surface area contributed by atoms with Gasteiger partial charge in [0.25, 0.3) is 0 Å². The molecule has 3 aliphatic carbocycles. The molecule has 16 atom stereocenters. The van der Waals surface area contributed by atoms with Crippen molar-refractivity contribution in [2.75, 3.05) is 27.4 Å². The van der Waals surface area contributed by atoms with Crippen molar-refractivity contribution in [1.29, 1.82) is 0 Å². The first kappa shape index (κ1) is 31.7. The Balaban J connectivity index is 1.32. The Hall–Kier alpha value is -2.59. The molecule has 0 aromatic heterocycles. The normalized spacial score (nSPS) is 56.1. The summed E-state index contributed by atoms with van der Waals surface area (Å²) in [5, 5.41) is 36.9. The number of ether oxygens (including phenoxy) is 8. The molecule has 1 unspecified atom stereocenters. The Morgan fingerprint density at radius 2 is 1.77 bits per heavy atom. The van der Waals surface area contributed by atoms with Gasteiger partial charge >= 0.3 is 17.9 Å².